The zero-order valence-electron chi connectivity index (χ0n) is 44.6. The van der Waals surface area contributed by atoms with Crippen LogP contribution in [0.4, 0.5) is 61.2 Å². The lowest BCUT2D eigenvalue weighted by Crippen LogP contribution is -2.46. The predicted octanol–water partition coefficient (Wildman–Crippen LogP) is 8.88. The fraction of sp³-hybridized carbons (Fsp3) is 0.352. The van der Waals surface area contributed by atoms with Crippen LogP contribution < -0.4 is 30.7 Å². The molecular formula is C54H57F6N17O4. The monoisotopic (exact) mass is 1120 g/mol. The van der Waals surface area contributed by atoms with Gasteiger partial charge in [-0.15, -0.1) is 0 Å². The number of pyridine rings is 3. The lowest BCUT2D eigenvalue weighted by atomic mass is 10.0. The van der Waals surface area contributed by atoms with E-state index >= 15 is 0 Å². The number of halogens is 6. The third kappa shape index (κ3) is 13.7. The van der Waals surface area contributed by atoms with Crippen molar-refractivity contribution in [2.45, 2.75) is 52.8 Å². The molecule has 6 aromatic heterocycles. The van der Waals surface area contributed by atoms with E-state index in [0.29, 0.717) is 74.1 Å². The van der Waals surface area contributed by atoms with Gasteiger partial charge in [0.1, 0.15) is 34.2 Å². The maximum absolute atomic E-state index is 14.8. The highest BCUT2D eigenvalue weighted by atomic mass is 19.4. The predicted molar refractivity (Wildman–Crippen MR) is 290 cm³/mol. The lowest BCUT2D eigenvalue weighted by Gasteiger charge is -2.35. The molecule has 2 aromatic carbocycles. The molecule has 0 bridgehead atoms. The van der Waals surface area contributed by atoms with Crippen LogP contribution in [-0.4, -0.2) is 141 Å². The summed E-state index contributed by atoms with van der Waals surface area (Å²) in [4.78, 5) is 62.5. The number of ether oxygens (including phenoxy) is 2. The van der Waals surface area contributed by atoms with Crippen LogP contribution in [-0.2, 0) is 48.6 Å². The van der Waals surface area contributed by atoms with E-state index in [1.54, 1.807) is 52.6 Å². The SMILES string of the molecule is CCN1CCN(Cc2ccc(Nc3nc4nc(Oc5ccnc(NC(C)=O)c5)ncc4n3CCN3CCN(Cc4ccc(Nc5nc6ccc(Oc7ccnc(NC(C)=O)c7)nc6n5C)cc4C(F)(F)F)CC3)cc2C(F)(F)F)CC1. The van der Waals surface area contributed by atoms with Crippen molar-refractivity contribution in [2.75, 3.05) is 86.7 Å². The molecule has 2 aliphatic heterocycles. The maximum atomic E-state index is 14.8. The van der Waals surface area contributed by atoms with Crippen LogP contribution in [0.3, 0.4) is 0 Å². The third-order valence-corrected chi connectivity index (χ3v) is 13.8. The fourth-order valence-corrected chi connectivity index (χ4v) is 9.69. The van der Waals surface area contributed by atoms with Gasteiger partial charge < -0.3 is 40.2 Å². The van der Waals surface area contributed by atoms with E-state index in [4.69, 9.17) is 14.5 Å². The van der Waals surface area contributed by atoms with E-state index in [1.807, 2.05) is 9.80 Å². The number of carbonyl (C=O) groups excluding carboxylic acids is 2. The number of carbonyl (C=O) groups is 2. The molecule has 8 aromatic rings. The number of rotatable bonds is 18. The van der Waals surface area contributed by atoms with Crippen LogP contribution in [0, 0.1) is 0 Å². The summed E-state index contributed by atoms with van der Waals surface area (Å²) >= 11 is 0. The molecule has 10 rings (SSSR count). The van der Waals surface area contributed by atoms with Crippen LogP contribution in [0.5, 0.6) is 23.4 Å². The number of aromatic nitrogens is 9. The molecule has 0 radical (unpaired) electrons. The first-order valence-corrected chi connectivity index (χ1v) is 26.0. The highest BCUT2D eigenvalue weighted by molar-refractivity contribution is 5.88. The number of imidazole rings is 2. The highest BCUT2D eigenvalue weighted by Crippen LogP contribution is 2.38. The Bertz CT molecular complexity index is 3580. The molecule has 424 valence electrons. The van der Waals surface area contributed by atoms with E-state index in [2.05, 4.69) is 67.9 Å². The van der Waals surface area contributed by atoms with Gasteiger partial charge in [0, 0.05) is 141 Å². The Kier molecular flexibility index (Phi) is 16.3. The van der Waals surface area contributed by atoms with Crippen LogP contribution >= 0.6 is 0 Å². The molecule has 2 amide bonds. The molecule has 21 nitrogen and oxygen atoms in total. The average molecular weight is 1120 g/mol. The van der Waals surface area contributed by atoms with Gasteiger partial charge in [0.25, 0.3) is 0 Å². The summed E-state index contributed by atoms with van der Waals surface area (Å²) in [7, 11) is 1.67. The Morgan fingerprint density at radius 3 is 1.69 bits per heavy atom. The minimum Gasteiger partial charge on any atom is -0.439 e. The summed E-state index contributed by atoms with van der Waals surface area (Å²) in [6.07, 6.45) is -4.89. The molecule has 2 fully saturated rings. The van der Waals surface area contributed by atoms with Crippen LogP contribution in [0.1, 0.15) is 43.0 Å². The first-order chi connectivity index (χ1) is 38.8. The zero-order chi connectivity index (χ0) is 57.0. The molecule has 0 unspecified atom stereocenters. The van der Waals surface area contributed by atoms with E-state index < -0.39 is 23.5 Å². The summed E-state index contributed by atoms with van der Waals surface area (Å²) in [5.41, 5.74) is 0.573. The minimum atomic E-state index is -4.67. The number of nitrogens with one attached hydrogen (secondary N) is 4. The Hall–Kier alpha value is -8.53. The normalized spacial score (nSPS) is 15.0. The van der Waals surface area contributed by atoms with Crippen molar-refractivity contribution in [1.29, 1.82) is 0 Å². The molecule has 2 saturated heterocycles. The number of piperazine rings is 2. The van der Waals surface area contributed by atoms with Crippen molar-refractivity contribution in [1.82, 2.24) is 63.6 Å². The summed E-state index contributed by atoms with van der Waals surface area (Å²) in [6.45, 7) is 11.4. The number of aryl methyl sites for hydroxylation is 1. The lowest BCUT2D eigenvalue weighted by molar-refractivity contribution is -0.139. The molecule has 0 aliphatic carbocycles. The number of hydrogen-bond donors (Lipinski definition) is 4. The molecule has 4 N–H and O–H groups in total. The van der Waals surface area contributed by atoms with Gasteiger partial charge in [-0.25, -0.2) is 19.9 Å². The fourth-order valence-electron chi connectivity index (χ4n) is 9.69. The summed E-state index contributed by atoms with van der Waals surface area (Å²) in [6, 6.07) is 17.7. The Morgan fingerprint density at radius 1 is 0.593 bits per heavy atom. The van der Waals surface area contributed by atoms with Crippen LogP contribution in [0.15, 0.2) is 91.4 Å². The number of likely N-dealkylation sites (N-methyl/N-ethyl adjacent to an activating group) is 1. The number of alkyl halides is 6. The quantitative estimate of drug-likeness (QED) is 0.0591. The molecule has 8 heterocycles. The van der Waals surface area contributed by atoms with Crippen molar-refractivity contribution in [3.05, 3.63) is 114 Å². The van der Waals surface area contributed by atoms with E-state index in [1.165, 1.54) is 56.7 Å². The molecular weight excluding hydrogens is 1060 g/mol. The number of benzene rings is 2. The van der Waals surface area contributed by atoms with Crippen molar-refractivity contribution < 1.29 is 45.4 Å². The second-order valence-corrected chi connectivity index (χ2v) is 19.6. The number of fused-ring (bicyclic) bond motifs is 2. The average Bonchev–Trinajstić information content (AvgIpc) is 4.05. The van der Waals surface area contributed by atoms with Crippen LogP contribution in [0.25, 0.3) is 22.3 Å². The number of hydrogen-bond acceptors (Lipinski definition) is 17. The van der Waals surface area contributed by atoms with E-state index in [-0.39, 0.29) is 95.0 Å². The molecule has 0 atom stereocenters. The summed E-state index contributed by atoms with van der Waals surface area (Å²) in [5, 5.41) is 11.3. The summed E-state index contributed by atoms with van der Waals surface area (Å²) < 4.78 is 104. The largest absolute Gasteiger partial charge is 0.439 e. The van der Waals surface area contributed by atoms with Crippen molar-refractivity contribution in [2.24, 2.45) is 7.05 Å². The van der Waals surface area contributed by atoms with Gasteiger partial charge in [0.05, 0.1) is 17.3 Å². The second-order valence-electron chi connectivity index (χ2n) is 19.6. The van der Waals surface area contributed by atoms with Crippen molar-refractivity contribution in [3.63, 3.8) is 0 Å². The van der Waals surface area contributed by atoms with Gasteiger partial charge >= 0.3 is 18.4 Å². The molecule has 81 heavy (non-hydrogen) atoms. The minimum absolute atomic E-state index is 0.0376. The zero-order valence-corrected chi connectivity index (χ0v) is 44.6. The van der Waals surface area contributed by atoms with Crippen molar-refractivity contribution in [3.8, 4) is 23.4 Å². The van der Waals surface area contributed by atoms with Crippen LogP contribution in [0.2, 0.25) is 0 Å². The Morgan fingerprint density at radius 2 is 1.14 bits per heavy atom. The summed E-state index contributed by atoms with van der Waals surface area (Å²) in [5.74, 6) is 1.24. The second kappa shape index (κ2) is 23.7. The maximum Gasteiger partial charge on any atom is 0.416 e. The topological polar surface area (TPSA) is 214 Å². The van der Waals surface area contributed by atoms with Gasteiger partial charge in [-0.2, -0.15) is 41.3 Å². The number of amides is 2. The number of nitrogens with zero attached hydrogens (tertiary/aromatic N) is 13. The smallest absolute Gasteiger partial charge is 0.416 e. The molecule has 0 saturated carbocycles. The number of anilines is 6. The van der Waals surface area contributed by atoms with Gasteiger partial charge in [0.15, 0.2) is 11.3 Å². The molecule has 27 heteroatoms. The molecule has 0 spiro atoms. The Labute approximate surface area is 460 Å². The van der Waals surface area contributed by atoms with E-state index in [9.17, 15) is 35.9 Å². The Balaban J connectivity index is 0.820. The third-order valence-electron chi connectivity index (χ3n) is 13.8. The van der Waals surface area contributed by atoms with Gasteiger partial charge in [-0.1, -0.05) is 19.1 Å². The van der Waals surface area contributed by atoms with Gasteiger partial charge in [-0.3, -0.25) is 28.9 Å². The first-order valence-electron chi connectivity index (χ1n) is 26.0. The van der Waals surface area contributed by atoms with Gasteiger partial charge in [-0.05, 0) is 60.1 Å². The van der Waals surface area contributed by atoms with Crippen molar-refractivity contribution >= 4 is 69.0 Å². The standard InChI is InChI=1S/C54H57F6N17O4/c1-5-73-16-20-75(21-17-73)31-36-7-9-38(27-42(36)54(58,59)60)67-51-70-48-44(30-63-52(71-48)81-40-13-15-62-46(29-40)65-34(3)79)77(51)25-24-74-18-22-76(23-19-74)32-35-6-8-37(26-41(35)53(55,56)57)66-50-68-43-10-11-47(69-49(43)72(50)4)80-39-12-14-61-45(28-39)64-33(2)78/h6-15,26-30H,5,16-25,31-32H2,1-4H3,(H,66,68)(H,61,64,78)(H,62,65,79)(H,63,67,70,71). The first kappa shape index (κ1) is 55.8. The van der Waals surface area contributed by atoms with E-state index in [0.717, 1.165) is 31.8 Å². The highest BCUT2D eigenvalue weighted by Gasteiger charge is 2.36. The molecule has 2 aliphatic rings. The van der Waals surface area contributed by atoms with Gasteiger partial charge in [0.2, 0.25) is 29.6 Å².